The normalized spacial score (nSPS) is 15.9. The number of carbonyl (C=O) groups is 1. The zero-order valence-corrected chi connectivity index (χ0v) is 15.3. The Labute approximate surface area is 160 Å². The van der Waals surface area contributed by atoms with E-state index in [0.29, 0.717) is 18.2 Å². The number of benzene rings is 2. The van der Waals surface area contributed by atoms with Crippen LogP contribution in [0.3, 0.4) is 0 Å². The molecule has 0 bridgehead atoms. The molecule has 5 nitrogen and oxygen atoms in total. The van der Waals surface area contributed by atoms with Gasteiger partial charge in [0.05, 0.1) is 11.6 Å². The summed E-state index contributed by atoms with van der Waals surface area (Å²) in [5, 5.41) is 6.65. The average Bonchev–Trinajstić information content (AvgIpc) is 3.34. The van der Waals surface area contributed by atoms with E-state index in [-0.39, 0.29) is 11.8 Å². The lowest BCUT2D eigenvalue weighted by Gasteiger charge is -2.24. The summed E-state index contributed by atoms with van der Waals surface area (Å²) in [6.07, 6.45) is 2.64. The first kappa shape index (κ1) is 16.1. The van der Waals surface area contributed by atoms with E-state index < -0.39 is 0 Å². The van der Waals surface area contributed by atoms with Crippen molar-refractivity contribution < 1.29 is 9.53 Å². The van der Waals surface area contributed by atoms with E-state index in [1.54, 1.807) is 0 Å². The van der Waals surface area contributed by atoms with Gasteiger partial charge in [-0.05, 0) is 24.1 Å². The summed E-state index contributed by atoms with van der Waals surface area (Å²) in [6, 6.07) is 16.0. The van der Waals surface area contributed by atoms with Crippen molar-refractivity contribution in [3.05, 3.63) is 65.7 Å². The van der Waals surface area contributed by atoms with E-state index in [1.807, 2.05) is 54.0 Å². The lowest BCUT2D eigenvalue weighted by Crippen LogP contribution is -2.32. The Kier molecular flexibility index (Phi) is 3.90. The first-order valence-electron chi connectivity index (χ1n) is 8.81. The topological polar surface area (TPSA) is 67.0 Å². The van der Waals surface area contributed by atoms with E-state index in [2.05, 4.69) is 21.4 Å². The highest BCUT2D eigenvalue weighted by Gasteiger charge is 2.26. The van der Waals surface area contributed by atoms with Gasteiger partial charge in [0.1, 0.15) is 12.4 Å². The Morgan fingerprint density at radius 3 is 3.00 bits per heavy atom. The van der Waals surface area contributed by atoms with Crippen molar-refractivity contribution in [3.8, 4) is 17.0 Å². The van der Waals surface area contributed by atoms with Crippen LogP contribution in [0.4, 0.5) is 5.13 Å². The van der Waals surface area contributed by atoms with Gasteiger partial charge in [-0.1, -0.05) is 36.4 Å². The lowest BCUT2D eigenvalue weighted by atomic mass is 9.96. The number of hydrogen-bond donors (Lipinski definition) is 2. The summed E-state index contributed by atoms with van der Waals surface area (Å²) in [4.78, 5) is 20.5. The fourth-order valence-electron chi connectivity index (χ4n) is 3.44. The first-order chi connectivity index (χ1) is 13.3. The molecule has 3 heterocycles. The van der Waals surface area contributed by atoms with Gasteiger partial charge in [-0.2, -0.15) is 0 Å². The minimum atomic E-state index is -0.208. The van der Waals surface area contributed by atoms with Crippen LogP contribution < -0.4 is 10.1 Å². The smallest absolute Gasteiger partial charge is 0.233 e. The molecule has 2 aromatic heterocycles. The van der Waals surface area contributed by atoms with Gasteiger partial charge in [0.15, 0.2) is 5.13 Å². The maximum Gasteiger partial charge on any atom is 0.233 e. The van der Waals surface area contributed by atoms with Gasteiger partial charge < -0.3 is 15.0 Å². The number of aromatic amines is 1. The quantitative estimate of drug-likeness (QED) is 0.555. The van der Waals surface area contributed by atoms with Crippen molar-refractivity contribution in [1.82, 2.24) is 9.97 Å². The van der Waals surface area contributed by atoms with Gasteiger partial charge in [0.2, 0.25) is 5.91 Å². The van der Waals surface area contributed by atoms with E-state index in [0.717, 1.165) is 33.5 Å². The molecule has 5 rings (SSSR count). The zero-order valence-electron chi connectivity index (χ0n) is 14.4. The monoisotopic (exact) mass is 375 g/mol. The minimum Gasteiger partial charge on any atom is -0.492 e. The summed E-state index contributed by atoms with van der Waals surface area (Å²) in [5.41, 5.74) is 4.04. The largest absolute Gasteiger partial charge is 0.492 e. The highest BCUT2D eigenvalue weighted by atomic mass is 32.1. The number of rotatable bonds is 3. The zero-order chi connectivity index (χ0) is 18.2. The molecule has 1 unspecified atom stereocenters. The molecule has 2 N–H and O–H groups in total. The standard InChI is InChI=1S/C21H17N3O2S/c25-20(14-9-13-5-1-4-8-19(13)26-11-14)24-21-23-18(12-27-21)16-10-22-17-7-3-2-6-15(16)17/h1-8,10,12,14,22H,9,11H2,(H,23,24,25). The summed E-state index contributed by atoms with van der Waals surface area (Å²) < 4.78 is 5.73. The van der Waals surface area contributed by atoms with Crippen molar-refractivity contribution in [2.24, 2.45) is 5.92 Å². The number of nitrogens with zero attached hydrogens (tertiary/aromatic N) is 1. The van der Waals surface area contributed by atoms with Crippen molar-refractivity contribution in [3.63, 3.8) is 0 Å². The molecular formula is C21H17N3O2S. The molecule has 1 atom stereocenters. The van der Waals surface area contributed by atoms with E-state index >= 15 is 0 Å². The molecule has 1 aliphatic heterocycles. The Morgan fingerprint density at radius 2 is 2.04 bits per heavy atom. The van der Waals surface area contributed by atoms with Crippen LogP contribution in [0.25, 0.3) is 22.2 Å². The van der Waals surface area contributed by atoms with Crippen LogP contribution in [0.15, 0.2) is 60.1 Å². The fraction of sp³-hybridized carbons (Fsp3) is 0.143. The molecule has 4 aromatic rings. The fourth-order valence-corrected chi connectivity index (χ4v) is 4.16. The molecule has 6 heteroatoms. The molecule has 0 radical (unpaired) electrons. The Hall–Kier alpha value is -3.12. The summed E-state index contributed by atoms with van der Waals surface area (Å²) in [6.45, 7) is 0.392. The predicted octanol–water partition coefficient (Wildman–Crippen LogP) is 4.48. The van der Waals surface area contributed by atoms with Crippen molar-refractivity contribution in [2.45, 2.75) is 6.42 Å². The Bertz CT molecular complexity index is 1130. The number of para-hydroxylation sites is 2. The van der Waals surface area contributed by atoms with Crippen LogP contribution in [0.5, 0.6) is 5.75 Å². The van der Waals surface area contributed by atoms with Gasteiger partial charge in [-0.15, -0.1) is 11.3 Å². The average molecular weight is 375 g/mol. The molecular weight excluding hydrogens is 358 g/mol. The molecule has 1 amide bonds. The molecule has 2 aromatic carbocycles. The van der Waals surface area contributed by atoms with Gasteiger partial charge >= 0.3 is 0 Å². The molecule has 0 aliphatic carbocycles. The number of hydrogen-bond acceptors (Lipinski definition) is 4. The van der Waals surface area contributed by atoms with Crippen molar-refractivity contribution in [2.75, 3.05) is 11.9 Å². The van der Waals surface area contributed by atoms with Gasteiger partial charge in [-0.25, -0.2) is 4.98 Å². The van der Waals surface area contributed by atoms with Crippen LogP contribution in [-0.4, -0.2) is 22.5 Å². The highest BCUT2D eigenvalue weighted by molar-refractivity contribution is 7.14. The summed E-state index contributed by atoms with van der Waals surface area (Å²) >= 11 is 1.44. The SMILES string of the molecule is O=C(Nc1nc(-c2c[nH]c3ccccc23)cs1)C1COc2ccccc2C1. The number of aromatic nitrogens is 2. The molecule has 0 spiro atoms. The third-order valence-electron chi connectivity index (χ3n) is 4.85. The molecule has 0 saturated carbocycles. The number of carbonyl (C=O) groups excluding carboxylic acids is 1. The second kappa shape index (κ2) is 6.55. The molecule has 134 valence electrons. The predicted molar refractivity (Wildman–Crippen MR) is 107 cm³/mol. The Balaban J connectivity index is 1.33. The summed E-state index contributed by atoms with van der Waals surface area (Å²) in [5.74, 6) is 0.613. The van der Waals surface area contributed by atoms with E-state index in [4.69, 9.17) is 4.74 Å². The number of nitrogens with one attached hydrogen (secondary N) is 2. The van der Waals surface area contributed by atoms with E-state index in [1.165, 1.54) is 11.3 Å². The number of thiazole rings is 1. The van der Waals surface area contributed by atoms with Crippen LogP contribution in [-0.2, 0) is 11.2 Å². The number of ether oxygens (including phenoxy) is 1. The van der Waals surface area contributed by atoms with Crippen LogP contribution >= 0.6 is 11.3 Å². The van der Waals surface area contributed by atoms with Crippen LogP contribution in [0.1, 0.15) is 5.56 Å². The Morgan fingerprint density at radius 1 is 1.19 bits per heavy atom. The first-order valence-corrected chi connectivity index (χ1v) is 9.69. The number of fused-ring (bicyclic) bond motifs is 2. The molecule has 0 fully saturated rings. The minimum absolute atomic E-state index is 0.0515. The summed E-state index contributed by atoms with van der Waals surface area (Å²) in [7, 11) is 0. The number of H-pyrrole nitrogens is 1. The number of anilines is 1. The van der Waals surface area contributed by atoms with Crippen LogP contribution in [0.2, 0.25) is 0 Å². The molecule has 1 aliphatic rings. The van der Waals surface area contributed by atoms with Gasteiger partial charge in [0, 0.05) is 28.0 Å². The maximum absolute atomic E-state index is 12.7. The van der Waals surface area contributed by atoms with Crippen molar-refractivity contribution >= 4 is 33.3 Å². The number of amides is 1. The van der Waals surface area contributed by atoms with Gasteiger partial charge in [-0.3, -0.25) is 4.79 Å². The lowest BCUT2D eigenvalue weighted by molar-refractivity contribution is -0.121. The molecule has 0 saturated heterocycles. The van der Waals surface area contributed by atoms with Crippen LogP contribution in [0, 0.1) is 5.92 Å². The van der Waals surface area contributed by atoms with Gasteiger partial charge in [0.25, 0.3) is 0 Å². The molecule has 27 heavy (non-hydrogen) atoms. The van der Waals surface area contributed by atoms with Crippen molar-refractivity contribution in [1.29, 1.82) is 0 Å². The van der Waals surface area contributed by atoms with E-state index in [9.17, 15) is 4.79 Å². The second-order valence-electron chi connectivity index (χ2n) is 6.59. The highest BCUT2D eigenvalue weighted by Crippen LogP contribution is 2.32. The maximum atomic E-state index is 12.7. The third kappa shape index (κ3) is 2.98. The third-order valence-corrected chi connectivity index (χ3v) is 5.61. The second-order valence-corrected chi connectivity index (χ2v) is 7.45.